The summed E-state index contributed by atoms with van der Waals surface area (Å²) in [7, 11) is 1.65. The third-order valence-electron chi connectivity index (χ3n) is 4.46. The number of amides is 1. The number of hydrogen-bond donors (Lipinski definition) is 0. The van der Waals surface area contributed by atoms with Gasteiger partial charge < -0.3 is 14.4 Å². The summed E-state index contributed by atoms with van der Waals surface area (Å²) in [6.45, 7) is 1.76. The van der Waals surface area contributed by atoms with Crippen LogP contribution >= 0.6 is 11.6 Å². The van der Waals surface area contributed by atoms with E-state index in [-0.39, 0.29) is 12.0 Å². The van der Waals surface area contributed by atoms with Gasteiger partial charge in [0.25, 0.3) is 0 Å². The van der Waals surface area contributed by atoms with Crippen molar-refractivity contribution in [3.63, 3.8) is 0 Å². The topological polar surface area (TPSA) is 38.8 Å². The van der Waals surface area contributed by atoms with E-state index in [1.165, 1.54) is 0 Å². The number of halogens is 1. The second kappa shape index (κ2) is 8.37. The van der Waals surface area contributed by atoms with E-state index in [0.717, 1.165) is 16.9 Å². The van der Waals surface area contributed by atoms with Gasteiger partial charge in [-0.15, -0.1) is 0 Å². The van der Waals surface area contributed by atoms with Gasteiger partial charge in [-0.05, 0) is 35.7 Å². The number of benzene rings is 2. The molecule has 0 saturated carbocycles. The summed E-state index contributed by atoms with van der Waals surface area (Å²) in [6, 6.07) is 15.4. The van der Waals surface area contributed by atoms with Crippen molar-refractivity contribution < 1.29 is 14.3 Å². The smallest absolute Gasteiger partial charge is 0.223 e. The number of methoxy groups -OCH3 is 1. The summed E-state index contributed by atoms with van der Waals surface area (Å²) in [5, 5.41) is 0.698. The molecule has 0 bridgehead atoms. The molecular weight excluding hydrogens is 338 g/mol. The Balaban J connectivity index is 1.59. The first-order chi connectivity index (χ1) is 12.2. The fourth-order valence-corrected chi connectivity index (χ4v) is 3.19. The number of aryl methyl sites for hydroxylation is 1. The van der Waals surface area contributed by atoms with Gasteiger partial charge in [-0.25, -0.2) is 0 Å². The number of hydrogen-bond acceptors (Lipinski definition) is 3. The summed E-state index contributed by atoms with van der Waals surface area (Å²) in [5.74, 6) is 0.976. The highest BCUT2D eigenvalue weighted by molar-refractivity contribution is 6.30. The van der Waals surface area contributed by atoms with Gasteiger partial charge in [0.1, 0.15) is 11.9 Å². The molecule has 0 aromatic heterocycles. The molecular formula is C20H22ClNO3. The molecule has 2 aromatic rings. The lowest BCUT2D eigenvalue weighted by Crippen LogP contribution is -2.42. The Kier molecular flexibility index (Phi) is 5.95. The summed E-state index contributed by atoms with van der Waals surface area (Å²) in [4.78, 5) is 14.5. The van der Waals surface area contributed by atoms with E-state index in [9.17, 15) is 4.79 Å². The van der Waals surface area contributed by atoms with E-state index < -0.39 is 0 Å². The molecule has 3 rings (SSSR count). The summed E-state index contributed by atoms with van der Waals surface area (Å²) in [5.41, 5.74) is 2.10. The van der Waals surface area contributed by atoms with Gasteiger partial charge in [0.15, 0.2) is 0 Å². The molecule has 2 aromatic carbocycles. The highest BCUT2D eigenvalue weighted by Crippen LogP contribution is 2.25. The summed E-state index contributed by atoms with van der Waals surface area (Å²) >= 11 is 5.94. The maximum absolute atomic E-state index is 12.6. The standard InChI is InChI=1S/C20H22ClNO3/c1-24-18-5-3-2-4-15(18)8-11-20(23)22-12-13-25-19(14-22)16-6-9-17(21)10-7-16/h2-7,9-10,19H,8,11-14H2,1H3. The Morgan fingerprint density at radius 3 is 2.76 bits per heavy atom. The lowest BCUT2D eigenvalue weighted by atomic mass is 10.1. The van der Waals surface area contributed by atoms with Crippen molar-refractivity contribution in [2.45, 2.75) is 18.9 Å². The fraction of sp³-hybridized carbons (Fsp3) is 0.350. The maximum atomic E-state index is 12.6. The number of carbonyl (C=O) groups excluding carboxylic acids is 1. The van der Waals surface area contributed by atoms with Crippen LogP contribution in [-0.2, 0) is 16.0 Å². The van der Waals surface area contributed by atoms with E-state index in [2.05, 4.69) is 0 Å². The Bertz CT molecular complexity index is 717. The zero-order valence-electron chi connectivity index (χ0n) is 14.3. The molecule has 0 aliphatic carbocycles. The predicted molar refractivity (Wildman–Crippen MR) is 98.0 cm³/mol. The monoisotopic (exact) mass is 359 g/mol. The van der Waals surface area contributed by atoms with Gasteiger partial charge in [-0.1, -0.05) is 41.9 Å². The lowest BCUT2D eigenvalue weighted by molar-refractivity contribution is -0.139. The van der Waals surface area contributed by atoms with Gasteiger partial charge in [0.2, 0.25) is 5.91 Å². The van der Waals surface area contributed by atoms with Crippen LogP contribution in [0, 0.1) is 0 Å². The minimum atomic E-state index is -0.0961. The van der Waals surface area contributed by atoms with Gasteiger partial charge in [-0.3, -0.25) is 4.79 Å². The molecule has 1 unspecified atom stereocenters. The second-order valence-electron chi connectivity index (χ2n) is 6.06. The Labute approximate surface area is 153 Å². The van der Waals surface area contributed by atoms with Crippen LogP contribution in [0.2, 0.25) is 5.02 Å². The van der Waals surface area contributed by atoms with Gasteiger partial charge in [-0.2, -0.15) is 0 Å². The normalized spacial score (nSPS) is 17.4. The van der Waals surface area contributed by atoms with Gasteiger partial charge in [0.05, 0.1) is 20.3 Å². The first-order valence-electron chi connectivity index (χ1n) is 8.44. The predicted octanol–water partition coefficient (Wildman–Crippen LogP) is 3.88. The minimum absolute atomic E-state index is 0.0961. The highest BCUT2D eigenvalue weighted by Gasteiger charge is 2.25. The largest absolute Gasteiger partial charge is 0.496 e. The summed E-state index contributed by atoms with van der Waals surface area (Å²) in [6.07, 6.45) is 1.04. The molecule has 1 aliphatic rings. The Hall–Kier alpha value is -2.04. The first-order valence-corrected chi connectivity index (χ1v) is 8.82. The van der Waals surface area contributed by atoms with Crippen molar-refractivity contribution in [3.05, 3.63) is 64.7 Å². The number of carbonyl (C=O) groups is 1. The third kappa shape index (κ3) is 4.53. The van der Waals surface area contributed by atoms with Crippen LogP contribution in [0.5, 0.6) is 5.75 Å². The van der Waals surface area contributed by atoms with Crippen molar-refractivity contribution in [2.24, 2.45) is 0 Å². The SMILES string of the molecule is COc1ccccc1CCC(=O)N1CCOC(c2ccc(Cl)cc2)C1. The van der Waals surface area contributed by atoms with Crippen molar-refractivity contribution in [2.75, 3.05) is 26.8 Å². The zero-order chi connectivity index (χ0) is 17.6. The fourth-order valence-electron chi connectivity index (χ4n) is 3.06. The van der Waals surface area contributed by atoms with Crippen LogP contribution in [0.4, 0.5) is 0 Å². The van der Waals surface area contributed by atoms with Crippen LogP contribution in [0.1, 0.15) is 23.7 Å². The molecule has 4 nitrogen and oxygen atoms in total. The molecule has 1 aliphatic heterocycles. The van der Waals surface area contributed by atoms with E-state index in [0.29, 0.717) is 37.6 Å². The number of para-hydroxylation sites is 1. The van der Waals surface area contributed by atoms with Crippen LogP contribution in [0.25, 0.3) is 0 Å². The molecule has 0 N–H and O–H groups in total. The van der Waals surface area contributed by atoms with Crippen molar-refractivity contribution in [3.8, 4) is 5.75 Å². The van der Waals surface area contributed by atoms with Crippen molar-refractivity contribution in [1.82, 2.24) is 4.90 Å². The molecule has 0 spiro atoms. The molecule has 1 atom stereocenters. The molecule has 1 fully saturated rings. The Morgan fingerprint density at radius 2 is 2.00 bits per heavy atom. The second-order valence-corrected chi connectivity index (χ2v) is 6.50. The van der Waals surface area contributed by atoms with Gasteiger partial charge >= 0.3 is 0 Å². The molecule has 25 heavy (non-hydrogen) atoms. The van der Waals surface area contributed by atoms with E-state index >= 15 is 0 Å². The van der Waals surface area contributed by atoms with Crippen LogP contribution in [0.3, 0.4) is 0 Å². The summed E-state index contributed by atoms with van der Waals surface area (Å²) < 4.78 is 11.2. The number of rotatable bonds is 5. The van der Waals surface area contributed by atoms with Crippen LogP contribution in [0.15, 0.2) is 48.5 Å². The molecule has 1 heterocycles. The van der Waals surface area contributed by atoms with Crippen molar-refractivity contribution >= 4 is 17.5 Å². The molecule has 132 valence electrons. The zero-order valence-corrected chi connectivity index (χ0v) is 15.0. The van der Waals surface area contributed by atoms with Crippen LogP contribution < -0.4 is 4.74 Å². The van der Waals surface area contributed by atoms with Gasteiger partial charge in [0, 0.05) is 18.0 Å². The van der Waals surface area contributed by atoms with E-state index in [1.807, 2.05) is 53.4 Å². The van der Waals surface area contributed by atoms with E-state index in [4.69, 9.17) is 21.1 Å². The van der Waals surface area contributed by atoms with Crippen LogP contribution in [-0.4, -0.2) is 37.6 Å². The Morgan fingerprint density at radius 1 is 1.24 bits per heavy atom. The minimum Gasteiger partial charge on any atom is -0.496 e. The average molecular weight is 360 g/mol. The molecule has 0 radical (unpaired) electrons. The maximum Gasteiger partial charge on any atom is 0.223 e. The quantitative estimate of drug-likeness (QED) is 0.813. The number of ether oxygens (including phenoxy) is 2. The third-order valence-corrected chi connectivity index (χ3v) is 4.71. The average Bonchev–Trinajstić information content (AvgIpc) is 2.67. The highest BCUT2D eigenvalue weighted by atomic mass is 35.5. The first kappa shape index (κ1) is 17.8. The number of morpholine rings is 1. The van der Waals surface area contributed by atoms with Crippen molar-refractivity contribution in [1.29, 1.82) is 0 Å². The molecule has 1 saturated heterocycles. The lowest BCUT2D eigenvalue weighted by Gasteiger charge is -2.33. The number of nitrogens with zero attached hydrogens (tertiary/aromatic N) is 1. The molecule has 1 amide bonds. The molecule has 5 heteroatoms. The van der Waals surface area contributed by atoms with E-state index in [1.54, 1.807) is 7.11 Å².